The third-order valence-corrected chi connectivity index (χ3v) is 6.03. The van der Waals surface area contributed by atoms with Gasteiger partial charge in [0.2, 0.25) is 0 Å². The number of aromatic nitrogens is 1. The van der Waals surface area contributed by atoms with Crippen LogP contribution in [0.1, 0.15) is 10.4 Å². The summed E-state index contributed by atoms with van der Waals surface area (Å²) < 4.78 is 11.2. The lowest BCUT2D eigenvalue weighted by Crippen LogP contribution is -2.55. The molecule has 1 fully saturated rings. The summed E-state index contributed by atoms with van der Waals surface area (Å²) in [5, 5.41) is 1.91. The number of rotatable bonds is 4. The number of anilines is 1. The monoisotopic (exact) mass is 482 g/mol. The van der Waals surface area contributed by atoms with Gasteiger partial charge in [0.25, 0.3) is 5.91 Å². The van der Waals surface area contributed by atoms with Gasteiger partial charge in [-0.1, -0.05) is 66.7 Å². The average molecular weight is 483 g/mol. The Hall–Kier alpha value is -4.43. The lowest BCUT2D eigenvalue weighted by atomic mass is 10.0. The minimum atomic E-state index is -0.479. The fourth-order valence-electron chi connectivity index (χ4n) is 4.26. The maximum atomic E-state index is 13.9. The second-order valence-electron chi connectivity index (χ2n) is 8.25. The van der Waals surface area contributed by atoms with Crippen molar-refractivity contribution in [3.63, 3.8) is 0 Å². The zero-order valence-corrected chi connectivity index (χ0v) is 19.9. The molecular formula is C28H26N4O4. The number of amides is 3. The van der Waals surface area contributed by atoms with Gasteiger partial charge in [-0.05, 0) is 18.2 Å². The molecule has 1 aliphatic rings. The molecule has 0 spiro atoms. The van der Waals surface area contributed by atoms with Crippen molar-refractivity contribution in [3.8, 4) is 17.0 Å². The zero-order chi connectivity index (χ0) is 24.9. The predicted molar refractivity (Wildman–Crippen MR) is 138 cm³/mol. The Labute approximate surface area is 209 Å². The van der Waals surface area contributed by atoms with E-state index in [0.717, 1.165) is 5.56 Å². The smallest absolute Gasteiger partial charge is 0.343 e. The van der Waals surface area contributed by atoms with Gasteiger partial charge >= 0.3 is 6.03 Å². The third kappa shape index (κ3) is 4.58. The highest BCUT2D eigenvalue weighted by Crippen LogP contribution is 2.36. The number of nitrogens with one attached hydrogen (secondary N) is 1. The van der Waals surface area contributed by atoms with Crippen molar-refractivity contribution < 1.29 is 19.1 Å². The number of hydrogen-bond donors (Lipinski definition) is 1. The highest BCUT2D eigenvalue weighted by molar-refractivity contribution is 6.12. The first-order valence-corrected chi connectivity index (χ1v) is 11.7. The number of carbonyl (C=O) groups excluding carboxylic acids is 2. The van der Waals surface area contributed by atoms with Crippen LogP contribution in [-0.4, -0.2) is 55.2 Å². The molecule has 1 aliphatic heterocycles. The quantitative estimate of drug-likeness (QED) is 0.433. The van der Waals surface area contributed by atoms with E-state index in [4.69, 9.17) is 14.5 Å². The zero-order valence-electron chi connectivity index (χ0n) is 19.9. The van der Waals surface area contributed by atoms with E-state index in [1.54, 1.807) is 17.0 Å². The predicted octanol–water partition coefficient (Wildman–Crippen LogP) is 4.51. The fraction of sp³-hybridized carbons (Fsp3) is 0.179. The number of nitrogens with zero attached hydrogens (tertiary/aromatic N) is 3. The molecule has 36 heavy (non-hydrogen) atoms. The number of benzene rings is 3. The lowest BCUT2D eigenvalue weighted by Gasteiger charge is -2.33. The van der Waals surface area contributed by atoms with Crippen LogP contribution >= 0.6 is 0 Å². The number of para-hydroxylation sites is 2. The van der Waals surface area contributed by atoms with Gasteiger partial charge in [-0.25, -0.2) is 14.8 Å². The molecule has 1 aromatic heterocycles. The van der Waals surface area contributed by atoms with Gasteiger partial charge in [0.05, 0.1) is 37.1 Å². The van der Waals surface area contributed by atoms with Crippen LogP contribution in [0.3, 0.4) is 0 Å². The van der Waals surface area contributed by atoms with Crippen molar-refractivity contribution in [1.82, 2.24) is 15.3 Å². The Morgan fingerprint density at radius 2 is 1.56 bits per heavy atom. The first-order chi connectivity index (χ1) is 17.7. The Balaban J connectivity index is 1.60. The lowest BCUT2D eigenvalue weighted by molar-refractivity contribution is 0.0540. The standard InChI is InChI=1S/C28H26N4O4/c1-35-26-24(22-14-8-9-15-23(22)29-25(26)20-10-4-2-5-11-20)27(33)30-32(21-12-6-3-7-13-21)28(34)31-16-18-36-19-17-31/h2-15H,16-19H2,1H3,(H,30,33). The summed E-state index contributed by atoms with van der Waals surface area (Å²) >= 11 is 0. The van der Waals surface area contributed by atoms with Crippen molar-refractivity contribution in [2.24, 2.45) is 0 Å². The minimum absolute atomic E-state index is 0.303. The Kier molecular flexibility index (Phi) is 6.77. The molecule has 5 rings (SSSR count). The van der Waals surface area contributed by atoms with Gasteiger partial charge in [-0.2, -0.15) is 0 Å². The minimum Gasteiger partial charge on any atom is -0.494 e. The summed E-state index contributed by atoms with van der Waals surface area (Å²) in [6, 6.07) is 25.7. The Morgan fingerprint density at radius 1 is 0.917 bits per heavy atom. The van der Waals surface area contributed by atoms with Crippen molar-refractivity contribution >= 4 is 28.5 Å². The first-order valence-electron chi connectivity index (χ1n) is 11.7. The Morgan fingerprint density at radius 3 is 2.25 bits per heavy atom. The molecule has 0 saturated carbocycles. The van der Waals surface area contributed by atoms with Crippen LogP contribution in [0.25, 0.3) is 22.2 Å². The second-order valence-corrected chi connectivity index (χ2v) is 8.25. The van der Waals surface area contributed by atoms with Crippen molar-refractivity contribution in [1.29, 1.82) is 0 Å². The van der Waals surface area contributed by atoms with Crippen LogP contribution in [0.4, 0.5) is 10.5 Å². The molecule has 0 radical (unpaired) electrons. The van der Waals surface area contributed by atoms with Crippen LogP contribution in [0.5, 0.6) is 5.75 Å². The number of morpholine rings is 1. The molecule has 3 aromatic carbocycles. The molecule has 3 amide bonds. The fourth-order valence-corrected chi connectivity index (χ4v) is 4.26. The topological polar surface area (TPSA) is 84.0 Å². The van der Waals surface area contributed by atoms with E-state index >= 15 is 0 Å². The first kappa shape index (κ1) is 23.3. The van der Waals surface area contributed by atoms with E-state index in [2.05, 4.69) is 5.43 Å². The summed E-state index contributed by atoms with van der Waals surface area (Å²) in [5.41, 5.74) is 5.71. The van der Waals surface area contributed by atoms with Gasteiger partial charge < -0.3 is 14.4 Å². The number of methoxy groups -OCH3 is 1. The Bertz CT molecular complexity index is 1370. The summed E-state index contributed by atoms with van der Waals surface area (Å²) in [4.78, 5) is 33.9. The third-order valence-electron chi connectivity index (χ3n) is 6.03. The van der Waals surface area contributed by atoms with Gasteiger partial charge in [0.15, 0.2) is 5.75 Å². The van der Waals surface area contributed by atoms with Gasteiger partial charge in [0.1, 0.15) is 5.69 Å². The summed E-state index contributed by atoms with van der Waals surface area (Å²) in [6.07, 6.45) is 0. The molecule has 0 aliphatic carbocycles. The number of pyridine rings is 1. The van der Waals surface area contributed by atoms with Crippen LogP contribution in [0.15, 0.2) is 84.9 Å². The van der Waals surface area contributed by atoms with Crippen molar-refractivity contribution in [2.75, 3.05) is 38.4 Å². The summed E-state index contributed by atoms with van der Waals surface area (Å²) in [7, 11) is 1.52. The molecule has 1 saturated heterocycles. The molecular weight excluding hydrogens is 456 g/mol. The van der Waals surface area contributed by atoms with E-state index in [9.17, 15) is 9.59 Å². The maximum absolute atomic E-state index is 13.9. The number of urea groups is 1. The van der Waals surface area contributed by atoms with E-state index in [0.29, 0.717) is 59.9 Å². The molecule has 4 aromatic rings. The summed E-state index contributed by atoms with van der Waals surface area (Å²) in [6.45, 7) is 1.78. The van der Waals surface area contributed by atoms with E-state index in [1.165, 1.54) is 12.1 Å². The van der Waals surface area contributed by atoms with E-state index in [1.807, 2.05) is 72.8 Å². The van der Waals surface area contributed by atoms with E-state index in [-0.39, 0.29) is 6.03 Å². The molecule has 0 bridgehead atoms. The van der Waals surface area contributed by atoms with Crippen LogP contribution in [-0.2, 0) is 4.74 Å². The number of fused-ring (bicyclic) bond motifs is 1. The highest BCUT2D eigenvalue weighted by Gasteiger charge is 2.29. The largest absolute Gasteiger partial charge is 0.494 e. The van der Waals surface area contributed by atoms with Crippen LogP contribution < -0.4 is 15.2 Å². The van der Waals surface area contributed by atoms with Crippen LogP contribution in [0.2, 0.25) is 0 Å². The SMILES string of the molecule is COc1c(-c2ccccc2)nc2ccccc2c1C(=O)NN(C(=O)N1CCOCC1)c1ccccc1. The number of hydrogen-bond acceptors (Lipinski definition) is 5. The molecule has 182 valence electrons. The van der Waals surface area contributed by atoms with Gasteiger partial charge in [0, 0.05) is 24.0 Å². The molecule has 0 unspecified atom stereocenters. The molecule has 2 heterocycles. The highest BCUT2D eigenvalue weighted by atomic mass is 16.5. The van der Waals surface area contributed by atoms with Crippen molar-refractivity contribution in [2.45, 2.75) is 0 Å². The molecule has 8 heteroatoms. The van der Waals surface area contributed by atoms with E-state index < -0.39 is 5.91 Å². The van der Waals surface area contributed by atoms with Crippen LogP contribution in [0, 0.1) is 0 Å². The maximum Gasteiger partial charge on any atom is 0.343 e. The number of ether oxygens (including phenoxy) is 2. The number of hydrazine groups is 1. The second kappa shape index (κ2) is 10.5. The van der Waals surface area contributed by atoms with Crippen molar-refractivity contribution in [3.05, 3.63) is 90.5 Å². The van der Waals surface area contributed by atoms with Gasteiger partial charge in [-0.3, -0.25) is 10.2 Å². The molecule has 0 atom stereocenters. The molecule has 8 nitrogen and oxygen atoms in total. The van der Waals surface area contributed by atoms with Gasteiger partial charge in [-0.15, -0.1) is 0 Å². The average Bonchev–Trinajstić information content (AvgIpc) is 2.95. The summed E-state index contributed by atoms with van der Waals surface area (Å²) in [5.74, 6) is -0.141. The number of carbonyl (C=O) groups is 2. The molecule has 1 N–H and O–H groups in total. The normalized spacial score (nSPS) is 13.3.